The van der Waals surface area contributed by atoms with Gasteiger partial charge >= 0.3 is 0 Å². The van der Waals surface area contributed by atoms with Crippen LogP contribution in [0.25, 0.3) is 0 Å². The molecule has 0 aliphatic carbocycles. The zero-order valence-electron chi connectivity index (χ0n) is 56.9. The summed E-state index contributed by atoms with van der Waals surface area (Å²) < 4.78 is 76.6. The summed E-state index contributed by atoms with van der Waals surface area (Å²) in [4.78, 5) is 0. The predicted octanol–water partition coefficient (Wildman–Crippen LogP) is 21.1. The Hall–Kier alpha value is -5.92. The van der Waals surface area contributed by atoms with E-state index in [1.165, 1.54) is 154 Å². The molecule has 0 fully saturated rings. The highest BCUT2D eigenvalue weighted by Crippen LogP contribution is 2.34. The molecule has 4 aromatic rings. The Balaban J connectivity index is 1.28. The predicted molar refractivity (Wildman–Crippen MR) is 377 cm³/mol. The SMILES string of the molecule is C=CCCCCCCCCCOCc1ccc2c(c1)OCCOc1ccc(COCCCCCCCCCC=C)cc1OCCOc1ccc(COCCCCCCCCCC=C)cc1OCCOc1ccc(COCCCCCCCCCC=C)cc1OCCO2. The second-order valence-electron chi connectivity index (χ2n) is 24.3. The molecule has 0 amide bonds. The van der Waals surface area contributed by atoms with Crippen molar-refractivity contribution in [3.05, 3.63) is 146 Å². The summed E-state index contributed by atoms with van der Waals surface area (Å²) in [6, 6.07) is 24.0. The van der Waals surface area contributed by atoms with Gasteiger partial charge < -0.3 is 56.8 Å². The number of ether oxygens (including phenoxy) is 12. The van der Waals surface area contributed by atoms with Crippen molar-refractivity contribution in [1.82, 2.24) is 0 Å². The van der Waals surface area contributed by atoms with Crippen LogP contribution in [0.4, 0.5) is 0 Å². The topological polar surface area (TPSA) is 111 Å². The summed E-state index contributed by atoms with van der Waals surface area (Å²) in [7, 11) is 0. The van der Waals surface area contributed by atoms with Crippen molar-refractivity contribution in [1.29, 1.82) is 0 Å². The van der Waals surface area contributed by atoms with E-state index in [9.17, 15) is 0 Å². The Morgan fingerprint density at radius 2 is 0.402 bits per heavy atom. The van der Waals surface area contributed by atoms with Gasteiger partial charge in [0.2, 0.25) is 0 Å². The molecule has 0 unspecified atom stereocenters. The first-order valence-corrected chi connectivity index (χ1v) is 35.9. The lowest BCUT2D eigenvalue weighted by atomic mass is 10.1. The van der Waals surface area contributed by atoms with Crippen molar-refractivity contribution < 1.29 is 56.8 Å². The second-order valence-corrected chi connectivity index (χ2v) is 24.3. The smallest absolute Gasteiger partial charge is 0.161 e. The number of fused-ring (bicyclic) bond motifs is 4. The summed E-state index contributed by atoms with van der Waals surface area (Å²) in [5.74, 6) is 4.80. The van der Waals surface area contributed by atoms with Crippen LogP contribution in [0.2, 0.25) is 0 Å². The summed E-state index contributed by atoms with van der Waals surface area (Å²) in [6.45, 7) is 22.1. The number of benzene rings is 4. The molecule has 0 spiro atoms. The van der Waals surface area contributed by atoms with Gasteiger partial charge in [0.05, 0.1) is 26.4 Å². The number of allylic oxidation sites excluding steroid dienone is 4. The lowest BCUT2D eigenvalue weighted by Gasteiger charge is -2.18. The largest absolute Gasteiger partial charge is 0.486 e. The van der Waals surface area contributed by atoms with Crippen LogP contribution >= 0.6 is 0 Å². The van der Waals surface area contributed by atoms with E-state index in [1.54, 1.807) is 0 Å². The van der Waals surface area contributed by atoms with Crippen molar-refractivity contribution in [2.45, 2.75) is 232 Å². The van der Waals surface area contributed by atoms with Crippen LogP contribution in [0.3, 0.4) is 0 Å². The minimum absolute atomic E-state index is 0.250. The van der Waals surface area contributed by atoms with Gasteiger partial charge in [-0.2, -0.15) is 0 Å². The molecular formula is C80H120O12. The van der Waals surface area contributed by atoms with Crippen molar-refractivity contribution in [2.75, 3.05) is 79.3 Å². The highest BCUT2D eigenvalue weighted by Gasteiger charge is 2.15. The Morgan fingerprint density at radius 1 is 0.228 bits per heavy atom. The van der Waals surface area contributed by atoms with E-state index in [0.717, 1.165) is 73.6 Å². The van der Waals surface area contributed by atoms with Crippen molar-refractivity contribution in [3.8, 4) is 46.0 Å². The zero-order valence-corrected chi connectivity index (χ0v) is 56.9. The minimum Gasteiger partial charge on any atom is -0.486 e. The van der Waals surface area contributed by atoms with Crippen LogP contribution in [0.1, 0.15) is 228 Å². The first kappa shape index (κ1) is 76.8. The number of unbranched alkanes of at least 4 members (excludes halogenated alkanes) is 28. The van der Waals surface area contributed by atoms with E-state index >= 15 is 0 Å². The van der Waals surface area contributed by atoms with Crippen molar-refractivity contribution in [3.63, 3.8) is 0 Å². The maximum absolute atomic E-state index is 6.50. The molecule has 0 N–H and O–H groups in total. The zero-order chi connectivity index (χ0) is 64.7. The molecule has 0 atom stereocenters. The molecule has 12 heteroatoms. The van der Waals surface area contributed by atoms with Gasteiger partial charge in [0.1, 0.15) is 52.9 Å². The fourth-order valence-corrected chi connectivity index (χ4v) is 11.0. The summed E-state index contributed by atoms with van der Waals surface area (Å²) >= 11 is 0. The van der Waals surface area contributed by atoms with Gasteiger partial charge in [-0.25, -0.2) is 0 Å². The van der Waals surface area contributed by atoms with Crippen LogP contribution in [0.15, 0.2) is 123 Å². The van der Waals surface area contributed by atoms with Crippen LogP contribution in [-0.2, 0) is 45.4 Å². The van der Waals surface area contributed by atoms with E-state index in [4.69, 9.17) is 56.8 Å². The molecule has 0 saturated heterocycles. The fourth-order valence-electron chi connectivity index (χ4n) is 11.0. The Bertz CT molecular complexity index is 2170. The van der Waals surface area contributed by atoms with Crippen LogP contribution < -0.4 is 37.9 Å². The second kappa shape index (κ2) is 53.4. The van der Waals surface area contributed by atoms with Gasteiger partial charge in [-0.05, 0) is 148 Å². The third-order valence-corrected chi connectivity index (χ3v) is 16.3. The molecule has 0 saturated carbocycles. The Labute approximate surface area is 557 Å². The average molecular weight is 1270 g/mol. The quantitative estimate of drug-likeness (QED) is 0.0310. The molecule has 1 heterocycles. The van der Waals surface area contributed by atoms with Crippen molar-refractivity contribution in [2.24, 2.45) is 0 Å². The Morgan fingerprint density at radius 3 is 0.598 bits per heavy atom. The first-order valence-electron chi connectivity index (χ1n) is 35.9. The summed E-state index contributed by atoms with van der Waals surface area (Å²) in [6.07, 6.45) is 46.5. The molecule has 512 valence electrons. The molecule has 0 radical (unpaired) electrons. The van der Waals surface area contributed by atoms with E-state index in [1.807, 2.05) is 97.1 Å². The maximum Gasteiger partial charge on any atom is 0.161 e. The van der Waals surface area contributed by atoms with E-state index < -0.39 is 0 Å². The number of rotatable bonds is 48. The highest BCUT2D eigenvalue weighted by atomic mass is 16.6. The van der Waals surface area contributed by atoms with Crippen LogP contribution in [0, 0.1) is 0 Å². The molecular weight excluding hydrogens is 1150 g/mol. The van der Waals surface area contributed by atoms with Gasteiger partial charge in [0.25, 0.3) is 0 Å². The minimum atomic E-state index is 0.250. The third-order valence-electron chi connectivity index (χ3n) is 16.3. The lowest BCUT2D eigenvalue weighted by molar-refractivity contribution is 0.116. The first-order chi connectivity index (χ1) is 45.6. The third kappa shape index (κ3) is 36.5. The summed E-state index contributed by atoms with van der Waals surface area (Å²) in [5.41, 5.74) is 4.00. The van der Waals surface area contributed by atoms with Crippen molar-refractivity contribution >= 4 is 0 Å². The van der Waals surface area contributed by atoms with E-state index in [2.05, 4.69) is 26.3 Å². The molecule has 1 aliphatic rings. The molecule has 1 aliphatic heterocycles. The molecule has 4 aromatic carbocycles. The van der Waals surface area contributed by atoms with Gasteiger partial charge in [0, 0.05) is 26.4 Å². The van der Waals surface area contributed by atoms with E-state index in [-0.39, 0.29) is 52.9 Å². The Kier molecular flexibility index (Phi) is 44.6. The average Bonchev–Trinajstić information content (AvgIpc) is 2.29. The standard InChI is InChI=1S/C80H120O12/c1-5-9-13-17-21-25-29-33-37-49-81-65-69-41-45-73-77(61-69)89-57-53-86-74-46-42-70(66-82-50-38-34-30-26-22-18-14-10-6-2)62-78(74)91-59-55-88-76-48-44-72(68-84-52-40-36-32-28-24-20-16-12-8-4)64-80(76)92-60-56-87-75-47-43-71(63-79(75)90-58-54-85-73)67-83-51-39-35-31-27-23-19-15-11-7-3/h5-8,41-48,61-64H,1-4,9-40,49-60,65-68H2. The molecule has 0 aromatic heterocycles. The maximum atomic E-state index is 6.50. The van der Waals surface area contributed by atoms with Gasteiger partial charge in [0.15, 0.2) is 46.0 Å². The van der Waals surface area contributed by atoms with E-state index in [0.29, 0.717) is 98.9 Å². The monoisotopic (exact) mass is 1270 g/mol. The van der Waals surface area contributed by atoms with Gasteiger partial charge in [-0.15, -0.1) is 26.3 Å². The number of hydrogen-bond acceptors (Lipinski definition) is 12. The van der Waals surface area contributed by atoms with Gasteiger partial charge in [-0.3, -0.25) is 0 Å². The van der Waals surface area contributed by atoms with Crippen LogP contribution in [0.5, 0.6) is 46.0 Å². The normalized spacial score (nSPS) is 13.0. The molecule has 0 bridgehead atoms. The number of hydrogen-bond donors (Lipinski definition) is 0. The fraction of sp³-hybridized carbons (Fsp3) is 0.600. The molecule has 5 rings (SSSR count). The highest BCUT2D eigenvalue weighted by molar-refractivity contribution is 5.46. The van der Waals surface area contributed by atoms with Gasteiger partial charge in [-0.1, -0.05) is 177 Å². The summed E-state index contributed by atoms with van der Waals surface area (Å²) in [5, 5.41) is 0. The molecule has 92 heavy (non-hydrogen) atoms. The lowest BCUT2D eigenvalue weighted by Crippen LogP contribution is -2.15. The molecule has 12 nitrogen and oxygen atoms in total. The van der Waals surface area contributed by atoms with Crippen LogP contribution in [-0.4, -0.2) is 79.3 Å².